The molecule has 0 unspecified atom stereocenters. The lowest BCUT2D eigenvalue weighted by atomic mass is 10.1. The number of aromatic nitrogens is 1. The Kier molecular flexibility index (Phi) is 4.39. The van der Waals surface area contributed by atoms with Crippen molar-refractivity contribution < 1.29 is 4.74 Å². The molecule has 0 aliphatic rings. The first-order chi connectivity index (χ1) is 11.1. The molecule has 0 saturated carbocycles. The van der Waals surface area contributed by atoms with Crippen LogP contribution in [0.1, 0.15) is 18.1 Å². The van der Waals surface area contributed by atoms with Crippen molar-refractivity contribution in [2.75, 3.05) is 11.9 Å². The van der Waals surface area contributed by atoms with Crippen molar-refractivity contribution in [1.82, 2.24) is 4.98 Å². The Morgan fingerprint density at radius 1 is 1.09 bits per heavy atom. The Balaban J connectivity index is 1.97. The van der Waals surface area contributed by atoms with Gasteiger partial charge >= 0.3 is 0 Å². The fourth-order valence-electron chi connectivity index (χ4n) is 2.68. The number of aryl methyl sites for hydroxylation is 2. The van der Waals surface area contributed by atoms with E-state index >= 15 is 0 Å². The van der Waals surface area contributed by atoms with Gasteiger partial charge in [-0.05, 0) is 62.2 Å². The van der Waals surface area contributed by atoms with Gasteiger partial charge in [0.25, 0.3) is 0 Å². The molecule has 0 fully saturated rings. The van der Waals surface area contributed by atoms with Gasteiger partial charge in [0.15, 0.2) is 0 Å². The zero-order chi connectivity index (χ0) is 16.4. The minimum atomic E-state index is 0.659. The molecular formula is C19H19ClN2O. The molecule has 0 spiro atoms. The quantitative estimate of drug-likeness (QED) is 0.673. The molecule has 23 heavy (non-hydrogen) atoms. The third-order valence-corrected chi connectivity index (χ3v) is 4.05. The van der Waals surface area contributed by atoms with Crippen LogP contribution >= 0.6 is 11.6 Å². The largest absolute Gasteiger partial charge is 0.494 e. The summed E-state index contributed by atoms with van der Waals surface area (Å²) < 4.78 is 5.59. The number of nitrogens with zero attached hydrogens (tertiary/aromatic N) is 1. The van der Waals surface area contributed by atoms with Gasteiger partial charge in [-0.1, -0.05) is 23.7 Å². The number of hydrogen-bond donors (Lipinski definition) is 1. The molecule has 0 aliphatic heterocycles. The smallest absolute Gasteiger partial charge is 0.131 e. The number of rotatable bonds is 4. The van der Waals surface area contributed by atoms with E-state index in [2.05, 4.69) is 24.1 Å². The second-order valence-electron chi connectivity index (χ2n) is 5.50. The highest BCUT2D eigenvalue weighted by atomic mass is 35.5. The fraction of sp³-hybridized carbons (Fsp3) is 0.211. The summed E-state index contributed by atoms with van der Waals surface area (Å²) in [6.45, 7) is 6.77. The first kappa shape index (κ1) is 15.6. The van der Waals surface area contributed by atoms with E-state index in [4.69, 9.17) is 16.3 Å². The van der Waals surface area contributed by atoms with Crippen LogP contribution in [0, 0.1) is 13.8 Å². The maximum atomic E-state index is 6.24. The topological polar surface area (TPSA) is 34.1 Å². The van der Waals surface area contributed by atoms with Crippen LogP contribution in [0.5, 0.6) is 5.75 Å². The predicted molar refractivity (Wildman–Crippen MR) is 97.1 cm³/mol. The molecule has 4 heteroatoms. The Bertz CT molecular complexity index is 838. The molecule has 2 aromatic carbocycles. The van der Waals surface area contributed by atoms with Crippen molar-refractivity contribution in [1.29, 1.82) is 0 Å². The van der Waals surface area contributed by atoms with Gasteiger partial charge < -0.3 is 10.1 Å². The van der Waals surface area contributed by atoms with E-state index in [0.717, 1.165) is 39.3 Å². The van der Waals surface area contributed by atoms with Crippen LogP contribution < -0.4 is 10.1 Å². The van der Waals surface area contributed by atoms with Crippen LogP contribution in [0.25, 0.3) is 10.9 Å². The Hall–Kier alpha value is -2.26. The van der Waals surface area contributed by atoms with E-state index in [0.29, 0.717) is 11.6 Å². The summed E-state index contributed by atoms with van der Waals surface area (Å²) in [5, 5.41) is 5.09. The van der Waals surface area contributed by atoms with E-state index in [1.165, 1.54) is 0 Å². The van der Waals surface area contributed by atoms with Gasteiger partial charge in [0, 0.05) is 11.1 Å². The second kappa shape index (κ2) is 6.47. The molecule has 1 aromatic heterocycles. The molecule has 0 amide bonds. The average Bonchev–Trinajstić information content (AvgIpc) is 2.52. The number of para-hydroxylation sites is 1. The lowest BCUT2D eigenvalue weighted by molar-refractivity contribution is 0.340. The summed E-state index contributed by atoms with van der Waals surface area (Å²) in [5.74, 6) is 1.67. The minimum absolute atomic E-state index is 0.659. The predicted octanol–water partition coefficient (Wildman–Crippen LogP) is 5.65. The van der Waals surface area contributed by atoms with Gasteiger partial charge in [-0.15, -0.1) is 0 Å². The summed E-state index contributed by atoms with van der Waals surface area (Å²) in [6, 6.07) is 13.9. The number of hydrogen-bond acceptors (Lipinski definition) is 3. The van der Waals surface area contributed by atoms with Crippen LogP contribution in [0.4, 0.5) is 11.5 Å². The standard InChI is InChI=1S/C19H19ClN2O/c1-4-23-15-10-12(2)18(13(3)11-15)21-17-9-8-14-6-5-7-16(20)19(14)22-17/h5-11H,4H2,1-3H3,(H,21,22). The molecule has 0 saturated heterocycles. The Morgan fingerprint density at radius 2 is 1.83 bits per heavy atom. The number of benzene rings is 2. The number of pyridine rings is 1. The minimum Gasteiger partial charge on any atom is -0.494 e. The number of ether oxygens (including phenoxy) is 1. The highest BCUT2D eigenvalue weighted by Gasteiger charge is 2.08. The molecule has 118 valence electrons. The van der Waals surface area contributed by atoms with E-state index in [1.54, 1.807) is 0 Å². The van der Waals surface area contributed by atoms with Crippen LogP contribution in [0.2, 0.25) is 5.02 Å². The van der Waals surface area contributed by atoms with Crippen LogP contribution in [0.15, 0.2) is 42.5 Å². The molecule has 1 N–H and O–H groups in total. The maximum Gasteiger partial charge on any atom is 0.131 e. The summed E-state index contributed by atoms with van der Waals surface area (Å²) >= 11 is 6.24. The van der Waals surface area contributed by atoms with Crippen molar-refractivity contribution >= 4 is 34.0 Å². The summed E-state index contributed by atoms with van der Waals surface area (Å²) in [4.78, 5) is 4.64. The van der Waals surface area contributed by atoms with Crippen LogP contribution in [-0.2, 0) is 0 Å². The Labute approximate surface area is 141 Å². The first-order valence-corrected chi connectivity index (χ1v) is 8.02. The second-order valence-corrected chi connectivity index (χ2v) is 5.91. The average molecular weight is 327 g/mol. The van der Waals surface area contributed by atoms with Crippen molar-refractivity contribution in [2.45, 2.75) is 20.8 Å². The highest BCUT2D eigenvalue weighted by molar-refractivity contribution is 6.35. The van der Waals surface area contributed by atoms with E-state index < -0.39 is 0 Å². The van der Waals surface area contributed by atoms with E-state index in [-0.39, 0.29) is 0 Å². The number of nitrogens with one attached hydrogen (secondary N) is 1. The Morgan fingerprint density at radius 3 is 2.52 bits per heavy atom. The van der Waals surface area contributed by atoms with Gasteiger partial charge in [0.2, 0.25) is 0 Å². The van der Waals surface area contributed by atoms with Crippen molar-refractivity contribution in [3.63, 3.8) is 0 Å². The third kappa shape index (κ3) is 3.25. The lowest BCUT2D eigenvalue weighted by Crippen LogP contribution is -2.00. The molecule has 0 atom stereocenters. The van der Waals surface area contributed by atoms with Crippen molar-refractivity contribution in [3.05, 3.63) is 58.6 Å². The normalized spacial score (nSPS) is 10.8. The molecule has 0 radical (unpaired) electrons. The molecular weight excluding hydrogens is 308 g/mol. The lowest BCUT2D eigenvalue weighted by Gasteiger charge is -2.15. The van der Waals surface area contributed by atoms with Gasteiger partial charge in [-0.3, -0.25) is 0 Å². The first-order valence-electron chi connectivity index (χ1n) is 7.65. The van der Waals surface area contributed by atoms with Crippen molar-refractivity contribution in [2.24, 2.45) is 0 Å². The molecule has 3 nitrogen and oxygen atoms in total. The van der Waals surface area contributed by atoms with E-state index in [9.17, 15) is 0 Å². The monoisotopic (exact) mass is 326 g/mol. The third-order valence-electron chi connectivity index (χ3n) is 3.74. The number of halogens is 1. The summed E-state index contributed by atoms with van der Waals surface area (Å²) in [7, 11) is 0. The molecule has 0 aliphatic carbocycles. The summed E-state index contributed by atoms with van der Waals surface area (Å²) in [6.07, 6.45) is 0. The van der Waals surface area contributed by atoms with Crippen molar-refractivity contribution in [3.8, 4) is 5.75 Å². The summed E-state index contributed by atoms with van der Waals surface area (Å²) in [5.41, 5.74) is 4.09. The maximum absolute atomic E-state index is 6.24. The van der Waals surface area contributed by atoms with Gasteiger partial charge in [-0.25, -0.2) is 4.98 Å². The SMILES string of the molecule is CCOc1cc(C)c(Nc2ccc3cccc(Cl)c3n2)c(C)c1. The highest BCUT2D eigenvalue weighted by Crippen LogP contribution is 2.30. The van der Waals surface area contributed by atoms with Gasteiger partial charge in [0.1, 0.15) is 11.6 Å². The van der Waals surface area contributed by atoms with Crippen LogP contribution in [-0.4, -0.2) is 11.6 Å². The fourth-order valence-corrected chi connectivity index (χ4v) is 2.90. The van der Waals surface area contributed by atoms with Gasteiger partial charge in [-0.2, -0.15) is 0 Å². The molecule has 0 bridgehead atoms. The molecule has 3 aromatic rings. The zero-order valence-electron chi connectivity index (χ0n) is 13.5. The van der Waals surface area contributed by atoms with Crippen LogP contribution in [0.3, 0.4) is 0 Å². The number of anilines is 2. The van der Waals surface area contributed by atoms with Gasteiger partial charge in [0.05, 0.1) is 17.1 Å². The molecule has 3 rings (SSSR count). The zero-order valence-corrected chi connectivity index (χ0v) is 14.2. The number of fused-ring (bicyclic) bond motifs is 1. The van der Waals surface area contributed by atoms with E-state index in [1.807, 2.05) is 49.4 Å². The molecule has 1 heterocycles.